The quantitative estimate of drug-likeness (QED) is 0.664. The topological polar surface area (TPSA) is 14.1 Å². The summed E-state index contributed by atoms with van der Waals surface area (Å²) in [5.74, 6) is 0.927. The molecule has 1 aromatic carbocycles. The number of benzene rings is 1. The van der Waals surface area contributed by atoms with Gasteiger partial charge in [0.2, 0.25) is 0 Å². The van der Waals surface area contributed by atoms with Gasteiger partial charge < -0.3 is 5.32 Å². The number of aryl methyl sites for hydroxylation is 1. The Morgan fingerprint density at radius 1 is 1.42 bits per heavy atom. The maximum absolute atomic E-state index is 4.32. The molecule has 0 N–H and O–H groups in total. The molecule has 0 bridgehead atoms. The van der Waals surface area contributed by atoms with Crippen molar-refractivity contribution in [3.63, 3.8) is 0 Å². The minimum absolute atomic E-state index is 0. The molecule has 0 atom stereocenters. The van der Waals surface area contributed by atoms with Crippen LogP contribution in [0.25, 0.3) is 5.32 Å². The molecule has 0 aromatic heterocycles. The molecule has 1 aliphatic rings. The summed E-state index contributed by atoms with van der Waals surface area (Å²) in [6, 6.07) is 6.59. The molecule has 0 aliphatic carbocycles. The van der Waals surface area contributed by atoms with E-state index in [2.05, 4.69) is 30.4 Å². The Hall–Kier alpha value is 0.972. The van der Waals surface area contributed by atoms with Crippen LogP contribution in [0.5, 0.6) is 0 Å². The molecule has 0 saturated heterocycles. The second-order valence-corrected chi connectivity index (χ2v) is 3.75. The Morgan fingerprint density at radius 3 is 3.08 bits per heavy atom. The Bertz CT molecular complexity index is 275. The minimum atomic E-state index is 0. The maximum Gasteiger partial charge on any atom is 0.00690 e. The molecule has 0 unspecified atom stereocenters. The van der Waals surface area contributed by atoms with Gasteiger partial charge in [-0.25, -0.2) is 0 Å². The van der Waals surface area contributed by atoms with Crippen LogP contribution in [0.4, 0.5) is 0 Å². The molecule has 1 heterocycles. The first-order chi connectivity index (χ1) is 5.36. The molecule has 1 nitrogen and oxygen atoms in total. The van der Waals surface area contributed by atoms with E-state index in [0.717, 1.165) is 12.4 Å². The van der Waals surface area contributed by atoms with Crippen molar-refractivity contribution in [3.8, 4) is 0 Å². The van der Waals surface area contributed by atoms with E-state index in [-0.39, 0.29) is 44.1 Å². The van der Waals surface area contributed by atoms with Crippen molar-refractivity contribution in [2.24, 2.45) is 0 Å². The van der Waals surface area contributed by atoms with Gasteiger partial charge in [-0.15, -0.1) is 18.3 Å². The van der Waals surface area contributed by atoms with E-state index in [9.17, 15) is 0 Å². The number of thioether (sulfide) groups is 1. The monoisotopic (exact) mass is 391 g/mol. The summed E-state index contributed by atoms with van der Waals surface area (Å²) in [6.07, 6.45) is 0. The average molecular weight is 391 g/mol. The summed E-state index contributed by atoms with van der Waals surface area (Å²) in [7, 11) is 0. The fourth-order valence-corrected chi connectivity index (χ4v) is 2.05. The van der Waals surface area contributed by atoms with Crippen LogP contribution in [0.2, 0.25) is 0 Å². The SMILES string of the molecule is Cc1ccc2c(c1)C[N-]CS2.[Ac]. The van der Waals surface area contributed by atoms with Crippen molar-refractivity contribution in [2.45, 2.75) is 18.4 Å². The standard InChI is InChI=1S/C9H10NS.Ac/c1-7-2-3-9-8(4-7)5-10-6-11-9;/h2-4H,5-6H2,1H3;/q-1;. The Labute approximate surface area is 113 Å². The molecule has 1 aliphatic heterocycles. The van der Waals surface area contributed by atoms with Crippen molar-refractivity contribution in [1.82, 2.24) is 0 Å². The molecular formula is C9H10AcNS-. The smallest absolute Gasteiger partial charge is 0.00690 e. The van der Waals surface area contributed by atoms with Crippen molar-refractivity contribution < 1.29 is 44.1 Å². The van der Waals surface area contributed by atoms with Gasteiger partial charge in [-0.3, -0.25) is 0 Å². The van der Waals surface area contributed by atoms with Gasteiger partial charge in [0.25, 0.3) is 0 Å². The second-order valence-electron chi connectivity index (χ2n) is 2.77. The molecule has 61 valence electrons. The summed E-state index contributed by atoms with van der Waals surface area (Å²) in [5.41, 5.74) is 2.72. The zero-order valence-corrected chi connectivity index (χ0v) is 12.6. The Morgan fingerprint density at radius 2 is 2.25 bits per heavy atom. The van der Waals surface area contributed by atoms with Crippen LogP contribution in [-0.2, 0) is 6.54 Å². The number of hydrogen-bond acceptors (Lipinski definition) is 1. The first-order valence-corrected chi connectivity index (χ1v) is 4.70. The van der Waals surface area contributed by atoms with Crippen molar-refractivity contribution >= 4 is 11.8 Å². The van der Waals surface area contributed by atoms with E-state index in [4.69, 9.17) is 0 Å². The molecule has 2 rings (SSSR count). The third-order valence-corrected chi connectivity index (χ3v) is 2.83. The molecule has 3 heteroatoms. The maximum atomic E-state index is 4.32. The number of hydrogen-bond donors (Lipinski definition) is 0. The second kappa shape index (κ2) is 5.00. The van der Waals surface area contributed by atoms with Crippen LogP contribution in [0.1, 0.15) is 11.1 Å². The summed E-state index contributed by atoms with van der Waals surface area (Å²) >= 11 is 1.83. The van der Waals surface area contributed by atoms with E-state index < -0.39 is 0 Å². The molecule has 1 aromatic rings. The third kappa shape index (κ3) is 2.48. The van der Waals surface area contributed by atoms with E-state index in [1.165, 1.54) is 16.0 Å². The van der Waals surface area contributed by atoms with Crippen LogP contribution in [-0.4, -0.2) is 5.88 Å². The van der Waals surface area contributed by atoms with Gasteiger partial charge in [0.05, 0.1) is 0 Å². The first-order valence-electron chi connectivity index (χ1n) is 3.72. The van der Waals surface area contributed by atoms with Gasteiger partial charge in [-0.2, -0.15) is 0 Å². The summed E-state index contributed by atoms with van der Waals surface area (Å²) in [5, 5.41) is 4.32. The summed E-state index contributed by atoms with van der Waals surface area (Å²) in [6.45, 7) is 3.03. The minimum Gasteiger partial charge on any atom is -0.650 e. The van der Waals surface area contributed by atoms with Crippen molar-refractivity contribution in [1.29, 1.82) is 0 Å². The largest absolute Gasteiger partial charge is 0.650 e. The molecule has 12 heavy (non-hydrogen) atoms. The zero-order valence-electron chi connectivity index (χ0n) is 7.08. The fraction of sp³-hybridized carbons (Fsp3) is 0.333. The van der Waals surface area contributed by atoms with Crippen LogP contribution in [0.15, 0.2) is 23.1 Å². The van der Waals surface area contributed by atoms with Gasteiger partial charge in [0, 0.05) is 49.0 Å². The van der Waals surface area contributed by atoms with Crippen molar-refractivity contribution in [3.05, 3.63) is 34.6 Å². The summed E-state index contributed by atoms with van der Waals surface area (Å²) < 4.78 is 0. The van der Waals surface area contributed by atoms with Gasteiger partial charge in [0.1, 0.15) is 0 Å². The number of nitrogens with zero attached hydrogens (tertiary/aromatic N) is 1. The van der Waals surface area contributed by atoms with Crippen LogP contribution in [0, 0.1) is 51.0 Å². The van der Waals surface area contributed by atoms with Crippen LogP contribution in [0.3, 0.4) is 0 Å². The molecule has 0 spiro atoms. The molecular weight excluding hydrogens is 381 g/mol. The van der Waals surface area contributed by atoms with Crippen LogP contribution < -0.4 is 0 Å². The molecule has 0 fully saturated rings. The Kier molecular flexibility index (Phi) is 4.61. The fourth-order valence-electron chi connectivity index (χ4n) is 1.25. The number of rotatable bonds is 0. The summed E-state index contributed by atoms with van der Waals surface area (Å²) in [4.78, 5) is 1.41. The normalized spacial score (nSPS) is 14.8. The first kappa shape index (κ1) is 11.0. The zero-order chi connectivity index (χ0) is 7.68. The van der Waals surface area contributed by atoms with Crippen molar-refractivity contribution in [2.75, 3.05) is 5.88 Å². The predicted octanol–water partition coefficient (Wildman–Crippen LogP) is 2.93. The number of fused-ring (bicyclic) bond motifs is 1. The molecule has 1 radical (unpaired) electrons. The predicted molar refractivity (Wildman–Crippen MR) is 49.0 cm³/mol. The van der Waals surface area contributed by atoms with E-state index in [1.807, 2.05) is 11.8 Å². The average Bonchev–Trinajstić information content (AvgIpc) is 2.04. The molecule has 0 saturated carbocycles. The van der Waals surface area contributed by atoms with Gasteiger partial charge in [-0.05, 0) is 13.0 Å². The van der Waals surface area contributed by atoms with Crippen LogP contribution >= 0.6 is 11.8 Å². The van der Waals surface area contributed by atoms with Gasteiger partial charge >= 0.3 is 0 Å². The van der Waals surface area contributed by atoms with Gasteiger partial charge in [-0.1, -0.05) is 29.1 Å². The van der Waals surface area contributed by atoms with E-state index in [1.54, 1.807) is 0 Å². The van der Waals surface area contributed by atoms with E-state index in [0.29, 0.717) is 0 Å². The molecule has 0 amide bonds. The van der Waals surface area contributed by atoms with Gasteiger partial charge in [0.15, 0.2) is 0 Å². The Balaban J connectivity index is 0.000000720. The third-order valence-electron chi connectivity index (χ3n) is 1.81. The van der Waals surface area contributed by atoms with E-state index >= 15 is 0 Å².